The molecule has 7 nitrogen and oxygen atoms in total. The van der Waals surface area contributed by atoms with E-state index in [1.165, 1.54) is 0 Å². The van der Waals surface area contributed by atoms with Crippen LogP contribution in [0.1, 0.15) is 52.0 Å². The van der Waals surface area contributed by atoms with Crippen LogP contribution in [0, 0.1) is 0 Å². The molecule has 28 heavy (non-hydrogen) atoms. The molecule has 0 bridgehead atoms. The van der Waals surface area contributed by atoms with Crippen molar-refractivity contribution < 1.29 is 19.1 Å². The molecule has 0 radical (unpaired) electrons. The van der Waals surface area contributed by atoms with E-state index < -0.39 is 23.8 Å². The maximum atomic E-state index is 13.0. The lowest BCUT2D eigenvalue weighted by molar-refractivity contribution is -0.144. The number of benzene rings is 1. The first-order valence-electron chi connectivity index (χ1n) is 9.88. The zero-order valence-electron chi connectivity index (χ0n) is 16.7. The summed E-state index contributed by atoms with van der Waals surface area (Å²) >= 11 is 0. The summed E-state index contributed by atoms with van der Waals surface area (Å²) in [6.45, 7) is 5.76. The maximum Gasteiger partial charge on any atom is 0.408 e. The van der Waals surface area contributed by atoms with Gasteiger partial charge in [-0.15, -0.1) is 0 Å². The van der Waals surface area contributed by atoms with Gasteiger partial charge >= 0.3 is 6.09 Å². The van der Waals surface area contributed by atoms with Crippen LogP contribution in [-0.2, 0) is 20.9 Å². The van der Waals surface area contributed by atoms with E-state index in [1.807, 2.05) is 30.3 Å². The van der Waals surface area contributed by atoms with Crippen LogP contribution >= 0.6 is 0 Å². The van der Waals surface area contributed by atoms with Crippen molar-refractivity contribution >= 4 is 17.9 Å². The second-order valence-corrected chi connectivity index (χ2v) is 8.47. The minimum atomic E-state index is -0.645. The minimum Gasteiger partial charge on any atom is -0.444 e. The number of amides is 3. The molecule has 2 heterocycles. The number of hydrogen-bond donors (Lipinski definition) is 2. The van der Waals surface area contributed by atoms with Crippen molar-refractivity contribution in [3.05, 3.63) is 35.9 Å². The molecule has 3 rings (SSSR count). The van der Waals surface area contributed by atoms with E-state index in [2.05, 4.69) is 10.6 Å². The van der Waals surface area contributed by atoms with Crippen LogP contribution in [0.2, 0.25) is 0 Å². The highest BCUT2D eigenvalue weighted by Crippen LogP contribution is 2.32. The Morgan fingerprint density at radius 2 is 1.79 bits per heavy atom. The average molecular weight is 387 g/mol. The molecule has 0 aliphatic carbocycles. The van der Waals surface area contributed by atoms with Gasteiger partial charge in [-0.1, -0.05) is 30.3 Å². The number of piperidine rings is 1. The number of alkyl carbamates (subject to hydrolysis) is 1. The fourth-order valence-corrected chi connectivity index (χ4v) is 3.91. The van der Waals surface area contributed by atoms with Gasteiger partial charge in [0.2, 0.25) is 11.8 Å². The van der Waals surface area contributed by atoms with Gasteiger partial charge in [0.1, 0.15) is 17.7 Å². The van der Waals surface area contributed by atoms with Gasteiger partial charge in [-0.3, -0.25) is 9.59 Å². The van der Waals surface area contributed by atoms with Crippen molar-refractivity contribution in [1.29, 1.82) is 0 Å². The monoisotopic (exact) mass is 387 g/mol. The Balaban J connectivity index is 1.60. The van der Waals surface area contributed by atoms with Crippen molar-refractivity contribution in [2.24, 2.45) is 0 Å². The van der Waals surface area contributed by atoms with Crippen LogP contribution < -0.4 is 10.6 Å². The van der Waals surface area contributed by atoms with Crippen molar-refractivity contribution in [2.75, 3.05) is 0 Å². The van der Waals surface area contributed by atoms with Gasteiger partial charge in [0.15, 0.2) is 0 Å². The number of carbonyl (C=O) groups excluding carboxylic acids is 3. The van der Waals surface area contributed by atoms with E-state index in [0.29, 0.717) is 19.4 Å². The molecule has 0 unspecified atom stereocenters. The van der Waals surface area contributed by atoms with E-state index in [0.717, 1.165) is 18.4 Å². The third kappa shape index (κ3) is 4.82. The zero-order valence-corrected chi connectivity index (χ0v) is 16.7. The van der Waals surface area contributed by atoms with E-state index in [4.69, 9.17) is 4.74 Å². The standard InChI is InChI=1S/C21H29N3O4/c1-21(2,3)28-20(27)23-16-11-9-15-10-12-17(24(15)19(16)26)18(25)22-13-14-7-5-4-6-8-14/h4-8,15-17H,9-13H2,1-3H3,(H,22,25)(H,23,27)/t15-,16+,17+/m1/s1. The quantitative estimate of drug-likeness (QED) is 0.830. The largest absolute Gasteiger partial charge is 0.444 e. The molecule has 3 atom stereocenters. The predicted molar refractivity (Wildman–Crippen MR) is 104 cm³/mol. The Bertz CT molecular complexity index is 729. The average Bonchev–Trinajstić information content (AvgIpc) is 3.06. The number of hydrogen-bond acceptors (Lipinski definition) is 4. The Morgan fingerprint density at radius 3 is 2.46 bits per heavy atom. The first-order valence-corrected chi connectivity index (χ1v) is 9.88. The zero-order chi connectivity index (χ0) is 20.3. The first-order chi connectivity index (χ1) is 13.2. The van der Waals surface area contributed by atoms with Crippen molar-refractivity contribution in [3.8, 4) is 0 Å². The third-order valence-electron chi connectivity index (χ3n) is 5.15. The van der Waals surface area contributed by atoms with Gasteiger partial charge in [-0.05, 0) is 52.0 Å². The Morgan fingerprint density at radius 1 is 1.11 bits per heavy atom. The molecule has 2 aliphatic rings. The highest BCUT2D eigenvalue weighted by molar-refractivity contribution is 5.92. The predicted octanol–water partition coefficient (Wildman–Crippen LogP) is 2.35. The smallest absolute Gasteiger partial charge is 0.408 e. The van der Waals surface area contributed by atoms with Gasteiger partial charge in [0.05, 0.1) is 0 Å². The third-order valence-corrected chi connectivity index (χ3v) is 5.15. The molecule has 2 saturated heterocycles. The molecule has 0 aromatic heterocycles. The summed E-state index contributed by atoms with van der Waals surface area (Å²) < 4.78 is 5.26. The number of rotatable bonds is 4. The number of nitrogens with zero attached hydrogens (tertiary/aromatic N) is 1. The summed E-state index contributed by atoms with van der Waals surface area (Å²) in [7, 11) is 0. The second-order valence-electron chi connectivity index (χ2n) is 8.47. The summed E-state index contributed by atoms with van der Waals surface area (Å²) in [4.78, 5) is 39.4. The van der Waals surface area contributed by atoms with Crippen LogP contribution in [0.4, 0.5) is 4.79 Å². The van der Waals surface area contributed by atoms with Gasteiger partial charge in [0.25, 0.3) is 0 Å². The van der Waals surface area contributed by atoms with Crippen molar-refractivity contribution in [2.45, 2.75) is 76.7 Å². The number of nitrogens with one attached hydrogen (secondary N) is 2. The SMILES string of the molecule is CC(C)(C)OC(=O)N[C@H]1CC[C@@H]2CC[C@@H](C(=O)NCc3ccccc3)N2C1=O. The summed E-state index contributed by atoms with van der Waals surface area (Å²) in [6, 6.07) is 8.61. The van der Waals surface area contributed by atoms with Crippen molar-refractivity contribution in [1.82, 2.24) is 15.5 Å². The van der Waals surface area contributed by atoms with Crippen LogP contribution in [0.15, 0.2) is 30.3 Å². The topological polar surface area (TPSA) is 87.7 Å². The van der Waals surface area contributed by atoms with E-state index in [1.54, 1.807) is 25.7 Å². The molecule has 0 spiro atoms. The van der Waals surface area contributed by atoms with Gasteiger partial charge in [-0.2, -0.15) is 0 Å². The number of carbonyl (C=O) groups is 3. The summed E-state index contributed by atoms with van der Waals surface area (Å²) in [6.07, 6.45) is 2.20. The lowest BCUT2D eigenvalue weighted by Gasteiger charge is -2.37. The molecule has 2 fully saturated rings. The first kappa shape index (κ1) is 20.2. The number of ether oxygens (including phenoxy) is 1. The lowest BCUT2D eigenvalue weighted by atomic mass is 9.98. The lowest BCUT2D eigenvalue weighted by Crippen LogP contribution is -2.59. The van der Waals surface area contributed by atoms with Gasteiger partial charge < -0.3 is 20.3 Å². The van der Waals surface area contributed by atoms with Crippen molar-refractivity contribution in [3.63, 3.8) is 0 Å². The summed E-state index contributed by atoms with van der Waals surface area (Å²) in [5.41, 5.74) is 0.387. The summed E-state index contributed by atoms with van der Waals surface area (Å²) in [5.74, 6) is -0.336. The van der Waals surface area contributed by atoms with Gasteiger partial charge in [-0.25, -0.2) is 4.79 Å². The van der Waals surface area contributed by atoms with Crippen LogP contribution in [0.25, 0.3) is 0 Å². The fourth-order valence-electron chi connectivity index (χ4n) is 3.91. The number of fused-ring (bicyclic) bond motifs is 1. The Kier molecular flexibility index (Phi) is 5.91. The van der Waals surface area contributed by atoms with Crippen LogP contribution in [0.5, 0.6) is 0 Å². The fraction of sp³-hybridized carbons (Fsp3) is 0.571. The molecule has 1 aromatic carbocycles. The molecule has 152 valence electrons. The van der Waals surface area contributed by atoms with E-state index >= 15 is 0 Å². The molecule has 7 heteroatoms. The molecule has 0 saturated carbocycles. The second kappa shape index (κ2) is 8.20. The highest BCUT2D eigenvalue weighted by atomic mass is 16.6. The Hall–Kier alpha value is -2.57. The van der Waals surface area contributed by atoms with Crippen LogP contribution in [-0.4, -0.2) is 46.5 Å². The molecular formula is C21H29N3O4. The highest BCUT2D eigenvalue weighted by Gasteiger charge is 2.46. The molecule has 2 N–H and O–H groups in total. The normalized spacial score (nSPS) is 24.5. The Labute approximate surface area is 165 Å². The van der Waals surface area contributed by atoms with Gasteiger partial charge in [0, 0.05) is 12.6 Å². The van der Waals surface area contributed by atoms with E-state index in [-0.39, 0.29) is 17.9 Å². The molecule has 2 aliphatic heterocycles. The molecule has 3 amide bonds. The van der Waals surface area contributed by atoms with Crippen LogP contribution in [0.3, 0.4) is 0 Å². The minimum absolute atomic E-state index is 0.0664. The molecular weight excluding hydrogens is 358 g/mol. The maximum absolute atomic E-state index is 13.0. The molecule has 1 aromatic rings. The summed E-state index contributed by atoms with van der Waals surface area (Å²) in [5, 5.41) is 5.61. The van der Waals surface area contributed by atoms with E-state index in [9.17, 15) is 14.4 Å².